The molecule has 2 aromatic rings. The first-order valence-corrected chi connectivity index (χ1v) is 8.30. The summed E-state index contributed by atoms with van der Waals surface area (Å²) in [6.45, 7) is 4.20. The number of rotatable bonds is 7. The van der Waals surface area contributed by atoms with Gasteiger partial charge in [-0.1, -0.05) is 56.7 Å². The van der Waals surface area contributed by atoms with Crippen LogP contribution >= 0.6 is 0 Å². The molecule has 5 nitrogen and oxygen atoms in total. The summed E-state index contributed by atoms with van der Waals surface area (Å²) in [6.07, 6.45) is 2.02. The predicted molar refractivity (Wildman–Crippen MR) is 94.5 cm³/mol. The van der Waals surface area contributed by atoms with Crippen molar-refractivity contribution in [3.05, 3.63) is 66.0 Å². The summed E-state index contributed by atoms with van der Waals surface area (Å²) in [7, 11) is 0. The minimum atomic E-state index is -0.550. The molecule has 24 heavy (non-hydrogen) atoms. The molecule has 3 atom stereocenters. The molecule has 1 heterocycles. The number of hydrogen-bond acceptors (Lipinski definition) is 3. The lowest BCUT2D eigenvalue weighted by molar-refractivity contribution is 0.114. The first-order valence-electron chi connectivity index (χ1n) is 8.30. The van der Waals surface area contributed by atoms with E-state index in [2.05, 4.69) is 15.6 Å². The van der Waals surface area contributed by atoms with E-state index in [-0.39, 0.29) is 24.5 Å². The molecule has 1 aromatic carbocycles. The number of aliphatic hydroxyl groups is 1. The van der Waals surface area contributed by atoms with Gasteiger partial charge in [0.25, 0.3) is 0 Å². The molecule has 0 aliphatic heterocycles. The Morgan fingerprint density at radius 1 is 1.17 bits per heavy atom. The Bertz CT molecular complexity index is 580. The number of aliphatic hydroxyl groups excluding tert-OH is 1. The Morgan fingerprint density at radius 2 is 1.88 bits per heavy atom. The first kappa shape index (κ1) is 17.9. The van der Waals surface area contributed by atoms with E-state index >= 15 is 0 Å². The van der Waals surface area contributed by atoms with Crippen molar-refractivity contribution >= 4 is 6.03 Å². The number of hydrogen-bond donors (Lipinski definition) is 3. The van der Waals surface area contributed by atoms with E-state index in [4.69, 9.17) is 0 Å². The number of pyridine rings is 1. The van der Waals surface area contributed by atoms with E-state index in [1.807, 2.05) is 62.4 Å². The largest absolute Gasteiger partial charge is 0.391 e. The molecule has 0 fully saturated rings. The Morgan fingerprint density at radius 3 is 2.50 bits per heavy atom. The lowest BCUT2D eigenvalue weighted by atomic mass is 10.0. The summed E-state index contributed by atoms with van der Waals surface area (Å²) in [5, 5.41) is 15.7. The fourth-order valence-electron chi connectivity index (χ4n) is 2.37. The van der Waals surface area contributed by atoms with E-state index in [1.165, 1.54) is 0 Å². The molecule has 3 unspecified atom stereocenters. The molecule has 0 bridgehead atoms. The fraction of sp³-hybridized carbons (Fsp3) is 0.368. The van der Waals surface area contributed by atoms with Crippen molar-refractivity contribution in [2.45, 2.75) is 32.4 Å². The van der Waals surface area contributed by atoms with Crippen molar-refractivity contribution in [3.8, 4) is 0 Å². The number of aromatic nitrogens is 1. The zero-order valence-corrected chi connectivity index (χ0v) is 14.1. The van der Waals surface area contributed by atoms with Gasteiger partial charge in [-0.15, -0.1) is 0 Å². The maximum Gasteiger partial charge on any atom is 0.315 e. The van der Waals surface area contributed by atoms with Gasteiger partial charge >= 0.3 is 6.03 Å². The third kappa shape index (κ3) is 5.06. The van der Waals surface area contributed by atoms with Gasteiger partial charge in [0, 0.05) is 12.7 Å². The molecule has 0 aliphatic rings. The van der Waals surface area contributed by atoms with Crippen LogP contribution < -0.4 is 10.6 Å². The molecule has 0 spiro atoms. The average molecular weight is 327 g/mol. The van der Waals surface area contributed by atoms with E-state index in [0.717, 1.165) is 17.7 Å². The Labute approximate surface area is 143 Å². The van der Waals surface area contributed by atoms with Crippen LogP contribution in [0.5, 0.6) is 0 Å². The Kier molecular flexibility index (Phi) is 6.75. The van der Waals surface area contributed by atoms with Crippen molar-refractivity contribution < 1.29 is 9.90 Å². The number of benzene rings is 1. The number of urea groups is 1. The zero-order chi connectivity index (χ0) is 17.4. The summed E-state index contributed by atoms with van der Waals surface area (Å²) in [5.41, 5.74) is 1.72. The highest BCUT2D eigenvalue weighted by Crippen LogP contribution is 2.19. The third-order valence-electron chi connectivity index (χ3n) is 4.16. The highest BCUT2D eigenvalue weighted by atomic mass is 16.3. The molecule has 0 saturated heterocycles. The van der Waals surface area contributed by atoms with Crippen LogP contribution in [0.2, 0.25) is 0 Å². The molecule has 5 heteroatoms. The summed E-state index contributed by atoms with van der Waals surface area (Å²) >= 11 is 0. The summed E-state index contributed by atoms with van der Waals surface area (Å²) in [4.78, 5) is 16.6. The maximum absolute atomic E-state index is 12.3. The SMILES string of the molecule is CCC(C)C(O)CNC(=O)NC(c1ccccc1)c1ccccn1. The van der Waals surface area contributed by atoms with Gasteiger partial charge in [0.1, 0.15) is 0 Å². The fourth-order valence-corrected chi connectivity index (χ4v) is 2.37. The van der Waals surface area contributed by atoms with E-state index in [9.17, 15) is 9.90 Å². The summed E-state index contributed by atoms with van der Waals surface area (Å²) < 4.78 is 0. The second-order valence-electron chi connectivity index (χ2n) is 5.91. The van der Waals surface area contributed by atoms with Gasteiger partial charge < -0.3 is 15.7 Å². The van der Waals surface area contributed by atoms with Gasteiger partial charge in [0.05, 0.1) is 17.8 Å². The number of amides is 2. The van der Waals surface area contributed by atoms with Crippen LogP contribution in [0.4, 0.5) is 4.79 Å². The molecule has 0 radical (unpaired) electrons. The zero-order valence-electron chi connectivity index (χ0n) is 14.1. The van der Waals surface area contributed by atoms with Crippen molar-refractivity contribution in [2.24, 2.45) is 5.92 Å². The second-order valence-corrected chi connectivity index (χ2v) is 5.91. The monoisotopic (exact) mass is 327 g/mol. The van der Waals surface area contributed by atoms with E-state index < -0.39 is 6.10 Å². The van der Waals surface area contributed by atoms with Gasteiger partial charge in [-0.3, -0.25) is 4.98 Å². The van der Waals surface area contributed by atoms with Crippen molar-refractivity contribution in [1.82, 2.24) is 15.6 Å². The van der Waals surface area contributed by atoms with Crippen molar-refractivity contribution in [3.63, 3.8) is 0 Å². The molecular weight excluding hydrogens is 302 g/mol. The highest BCUT2D eigenvalue weighted by molar-refractivity contribution is 5.75. The van der Waals surface area contributed by atoms with Crippen LogP contribution in [0.15, 0.2) is 54.7 Å². The number of nitrogens with one attached hydrogen (secondary N) is 2. The van der Waals surface area contributed by atoms with Crippen LogP contribution in [-0.4, -0.2) is 28.8 Å². The first-order chi connectivity index (χ1) is 11.6. The van der Waals surface area contributed by atoms with Gasteiger partial charge in [-0.25, -0.2) is 4.79 Å². The highest BCUT2D eigenvalue weighted by Gasteiger charge is 2.19. The van der Waals surface area contributed by atoms with Gasteiger partial charge in [-0.05, 0) is 23.6 Å². The van der Waals surface area contributed by atoms with Crippen LogP contribution in [-0.2, 0) is 0 Å². The predicted octanol–water partition coefficient (Wildman–Crippen LogP) is 2.88. The molecule has 0 aliphatic carbocycles. The minimum absolute atomic E-state index is 0.144. The van der Waals surface area contributed by atoms with E-state index in [1.54, 1.807) is 6.20 Å². The van der Waals surface area contributed by atoms with Gasteiger partial charge in [0.2, 0.25) is 0 Å². The molecular formula is C19H25N3O2. The molecule has 128 valence electrons. The van der Waals surface area contributed by atoms with Crippen LogP contribution in [0, 0.1) is 5.92 Å². The average Bonchev–Trinajstić information content (AvgIpc) is 2.64. The van der Waals surface area contributed by atoms with Gasteiger partial charge in [0.15, 0.2) is 0 Å². The lowest BCUT2D eigenvalue weighted by Gasteiger charge is -2.21. The lowest BCUT2D eigenvalue weighted by Crippen LogP contribution is -2.43. The normalized spacial score (nSPS) is 14.5. The number of carbonyl (C=O) groups excluding carboxylic acids is 1. The quantitative estimate of drug-likeness (QED) is 0.732. The molecule has 2 rings (SSSR count). The molecule has 3 N–H and O–H groups in total. The molecule has 0 saturated carbocycles. The summed E-state index contributed by atoms with van der Waals surface area (Å²) in [6, 6.07) is 14.6. The second kappa shape index (κ2) is 9.03. The van der Waals surface area contributed by atoms with Gasteiger partial charge in [-0.2, -0.15) is 0 Å². The molecule has 1 aromatic heterocycles. The number of nitrogens with zero attached hydrogens (tertiary/aromatic N) is 1. The number of carbonyl (C=O) groups is 1. The minimum Gasteiger partial charge on any atom is -0.391 e. The standard InChI is InChI=1S/C19H25N3O2/c1-3-14(2)17(23)13-21-19(24)22-18(15-9-5-4-6-10-15)16-11-7-8-12-20-16/h4-12,14,17-18,23H,3,13H2,1-2H3,(H2,21,22,24). The Hall–Kier alpha value is -2.40. The van der Waals surface area contributed by atoms with Crippen LogP contribution in [0.25, 0.3) is 0 Å². The molecule has 2 amide bonds. The summed E-state index contributed by atoms with van der Waals surface area (Å²) in [5.74, 6) is 0.144. The van der Waals surface area contributed by atoms with Crippen molar-refractivity contribution in [2.75, 3.05) is 6.54 Å². The van der Waals surface area contributed by atoms with Crippen LogP contribution in [0.3, 0.4) is 0 Å². The topological polar surface area (TPSA) is 74.2 Å². The van der Waals surface area contributed by atoms with E-state index in [0.29, 0.717) is 0 Å². The third-order valence-corrected chi connectivity index (χ3v) is 4.16. The van der Waals surface area contributed by atoms with Crippen LogP contribution in [0.1, 0.15) is 37.6 Å². The smallest absolute Gasteiger partial charge is 0.315 e. The van der Waals surface area contributed by atoms with Crippen molar-refractivity contribution in [1.29, 1.82) is 0 Å². The maximum atomic E-state index is 12.3. The Balaban J connectivity index is 2.05.